The van der Waals surface area contributed by atoms with Crippen LogP contribution < -0.4 is 21.1 Å². The maximum absolute atomic E-state index is 13.3. The van der Waals surface area contributed by atoms with E-state index in [1.165, 1.54) is 36.8 Å². The number of nitrogens with one attached hydrogen (secondary N) is 4. The van der Waals surface area contributed by atoms with Gasteiger partial charge in [0, 0.05) is 55.8 Å². The van der Waals surface area contributed by atoms with Crippen molar-refractivity contribution in [3.8, 4) is 5.75 Å². The number of benzene rings is 1. The summed E-state index contributed by atoms with van der Waals surface area (Å²) in [6.07, 6.45) is 6.78. The molecule has 0 bridgehead atoms. The van der Waals surface area contributed by atoms with E-state index in [0.29, 0.717) is 19.3 Å². The van der Waals surface area contributed by atoms with E-state index in [1.54, 1.807) is 13.1 Å². The van der Waals surface area contributed by atoms with Crippen LogP contribution in [-0.4, -0.2) is 89.8 Å². The van der Waals surface area contributed by atoms with Crippen molar-refractivity contribution >= 4 is 41.2 Å². The van der Waals surface area contributed by atoms with E-state index in [-0.39, 0.29) is 39.8 Å². The van der Waals surface area contributed by atoms with Gasteiger partial charge in [-0.15, -0.1) is 0 Å². The zero-order chi connectivity index (χ0) is 30.6. The van der Waals surface area contributed by atoms with Gasteiger partial charge in [0.15, 0.2) is 5.92 Å². The van der Waals surface area contributed by atoms with E-state index in [4.69, 9.17) is 28.2 Å². The minimum absolute atomic E-state index is 0.00215. The second-order valence-corrected chi connectivity index (χ2v) is 10.00. The second kappa shape index (κ2) is 15.8. The molecule has 1 aliphatic rings. The minimum atomic E-state index is -3.15. The number of alkyl halides is 2. The van der Waals surface area contributed by atoms with Gasteiger partial charge in [0.2, 0.25) is 11.8 Å². The molecule has 42 heavy (non-hydrogen) atoms. The van der Waals surface area contributed by atoms with Gasteiger partial charge < -0.3 is 31.4 Å². The first-order valence-corrected chi connectivity index (χ1v) is 13.7. The Morgan fingerprint density at radius 3 is 2.57 bits per heavy atom. The lowest BCUT2D eigenvalue weighted by Gasteiger charge is -2.30. The molecule has 15 heteroatoms. The molecule has 1 fully saturated rings. The normalized spacial score (nSPS) is 15.7. The number of carbonyl (C=O) groups is 2. The predicted molar refractivity (Wildman–Crippen MR) is 155 cm³/mol. The highest BCUT2D eigenvalue weighted by molar-refractivity contribution is 6.31. The highest BCUT2D eigenvalue weighted by Crippen LogP contribution is 2.26. The van der Waals surface area contributed by atoms with Crippen molar-refractivity contribution in [3.63, 3.8) is 0 Å². The number of carbonyl (C=O) groups excluding carboxylic acids is 2. The monoisotopic (exact) mass is 605 g/mol. The fourth-order valence-electron chi connectivity index (χ4n) is 4.44. The number of nitrogens with zero attached hydrogens (tertiary/aromatic N) is 4. The Kier molecular flexibility index (Phi) is 12.2. The largest absolute Gasteiger partial charge is 0.434 e. The van der Waals surface area contributed by atoms with Crippen LogP contribution in [0.3, 0.4) is 0 Å². The summed E-state index contributed by atoms with van der Waals surface area (Å²) in [4.78, 5) is 39.7. The number of nitrogens with two attached hydrogens (primary N) is 1. The number of halogens is 3. The molecule has 0 saturated carbocycles. The Bertz CT molecular complexity index is 1270. The van der Waals surface area contributed by atoms with Crippen LogP contribution in [0.4, 0.5) is 8.78 Å². The Hall–Kier alpha value is -4.04. The van der Waals surface area contributed by atoms with Gasteiger partial charge in [-0.3, -0.25) is 20.0 Å². The fraction of sp³-hybridized carbons (Fsp3) is 0.444. The summed E-state index contributed by atoms with van der Waals surface area (Å²) in [7, 11) is 1.61. The maximum Gasteiger partial charge on any atom is 0.387 e. The standard InChI is InChI=1S/C27H34ClF2N9O3/c1-34-21(40)4-2-11-39-12-7-17(8-13-39)37-15-19(23(31)18-14-16(28)5-6-20(18)42-27(29)30)38-26(41)22(24(32)33)25-35-9-3-10-36-25/h3,5-6,9-10,14-15,17,19,22,27,31H,2,4,7-8,11-13H2,1H3,(H3,32,33)(H,34,40)(H,38,41). The first kappa shape index (κ1) is 32.5. The summed E-state index contributed by atoms with van der Waals surface area (Å²) in [5, 5.41) is 22.2. The SMILES string of the molecule is CNC(=O)CCCN1CCC(N=CC(NC(=O)C(C(=N)N)c2ncccn2)C(=N)c2cc(Cl)ccc2OC(F)F)CC1. The summed E-state index contributed by atoms with van der Waals surface area (Å²) in [6.45, 7) is -0.868. The maximum atomic E-state index is 13.3. The second-order valence-electron chi connectivity index (χ2n) is 9.56. The summed E-state index contributed by atoms with van der Waals surface area (Å²) in [5.41, 5.74) is 5.32. The van der Waals surface area contributed by atoms with Gasteiger partial charge in [0.1, 0.15) is 23.5 Å². The van der Waals surface area contributed by atoms with Gasteiger partial charge in [-0.2, -0.15) is 8.78 Å². The number of piperidine rings is 1. The van der Waals surface area contributed by atoms with Gasteiger partial charge in [0.25, 0.3) is 0 Å². The van der Waals surface area contributed by atoms with Gasteiger partial charge in [-0.05, 0) is 50.1 Å². The van der Waals surface area contributed by atoms with Crippen molar-refractivity contribution < 1.29 is 23.1 Å². The van der Waals surface area contributed by atoms with Crippen LogP contribution in [0.2, 0.25) is 5.02 Å². The van der Waals surface area contributed by atoms with E-state index in [0.717, 1.165) is 26.1 Å². The van der Waals surface area contributed by atoms with Crippen LogP contribution in [0.5, 0.6) is 5.75 Å². The van der Waals surface area contributed by atoms with Crippen LogP contribution in [0.15, 0.2) is 41.7 Å². The number of likely N-dealkylation sites (tertiary alicyclic amines) is 1. The van der Waals surface area contributed by atoms with Crippen molar-refractivity contribution in [1.82, 2.24) is 25.5 Å². The summed E-state index contributed by atoms with van der Waals surface area (Å²) < 4.78 is 30.8. The van der Waals surface area contributed by atoms with Crippen LogP contribution in [-0.2, 0) is 9.59 Å². The molecule has 2 heterocycles. The quantitative estimate of drug-likeness (QED) is 0.162. The molecule has 0 aliphatic carbocycles. The molecule has 0 spiro atoms. The van der Waals surface area contributed by atoms with E-state index >= 15 is 0 Å². The van der Waals surface area contributed by atoms with Crippen molar-refractivity contribution in [2.75, 3.05) is 26.7 Å². The molecule has 2 unspecified atom stereocenters. The van der Waals surface area contributed by atoms with Crippen molar-refractivity contribution in [1.29, 1.82) is 10.8 Å². The number of aliphatic imine (C=N–C) groups is 1. The topological polar surface area (TPSA) is 183 Å². The average Bonchev–Trinajstić information content (AvgIpc) is 2.96. The molecular weight excluding hydrogens is 572 g/mol. The fourth-order valence-corrected chi connectivity index (χ4v) is 4.62. The van der Waals surface area contributed by atoms with Gasteiger partial charge in [-0.1, -0.05) is 11.6 Å². The van der Waals surface area contributed by atoms with Gasteiger partial charge >= 0.3 is 6.61 Å². The lowest BCUT2D eigenvalue weighted by molar-refractivity contribution is -0.121. The molecule has 2 amide bonds. The zero-order valence-corrected chi connectivity index (χ0v) is 23.8. The third-order valence-electron chi connectivity index (χ3n) is 6.63. The van der Waals surface area contributed by atoms with Crippen molar-refractivity contribution in [3.05, 3.63) is 53.1 Å². The summed E-state index contributed by atoms with van der Waals surface area (Å²) in [5.74, 6) is -2.97. The molecule has 1 saturated heterocycles. The first-order chi connectivity index (χ1) is 20.1. The number of rotatable bonds is 14. The third-order valence-corrected chi connectivity index (χ3v) is 6.87. The molecule has 0 radical (unpaired) electrons. The summed E-state index contributed by atoms with van der Waals surface area (Å²) >= 11 is 6.11. The van der Waals surface area contributed by atoms with Crippen molar-refractivity contribution in [2.45, 2.75) is 50.3 Å². The zero-order valence-electron chi connectivity index (χ0n) is 23.0. The minimum Gasteiger partial charge on any atom is -0.434 e. The van der Waals surface area contributed by atoms with Crippen LogP contribution in [0, 0.1) is 10.8 Å². The molecule has 2 aromatic rings. The lowest BCUT2D eigenvalue weighted by Crippen LogP contribution is -2.47. The molecule has 3 rings (SSSR count). The Morgan fingerprint density at radius 1 is 1.26 bits per heavy atom. The van der Waals surface area contributed by atoms with E-state index in [1.807, 2.05) is 0 Å². The number of amidine groups is 1. The molecular formula is C27H34ClF2N9O3. The lowest BCUT2D eigenvalue weighted by atomic mass is 10.00. The van der Waals surface area contributed by atoms with E-state index in [2.05, 4.69) is 35.2 Å². The predicted octanol–water partition coefficient (Wildman–Crippen LogP) is 2.37. The smallest absolute Gasteiger partial charge is 0.387 e. The number of amides is 2. The number of ether oxygens (including phenoxy) is 1. The Labute approximate surface area is 247 Å². The number of hydrogen-bond donors (Lipinski definition) is 5. The first-order valence-electron chi connectivity index (χ1n) is 13.3. The number of hydrogen-bond acceptors (Lipinski definition) is 9. The number of aromatic nitrogens is 2. The van der Waals surface area contributed by atoms with E-state index < -0.39 is 30.3 Å². The molecule has 1 aliphatic heterocycles. The summed E-state index contributed by atoms with van der Waals surface area (Å²) in [6, 6.07) is 4.05. The van der Waals surface area contributed by atoms with E-state index in [9.17, 15) is 18.4 Å². The van der Waals surface area contributed by atoms with Crippen molar-refractivity contribution in [2.24, 2.45) is 10.7 Å². The molecule has 2 atom stereocenters. The molecule has 1 aromatic heterocycles. The van der Waals surface area contributed by atoms with Crippen LogP contribution >= 0.6 is 11.6 Å². The Morgan fingerprint density at radius 2 is 1.95 bits per heavy atom. The highest BCUT2D eigenvalue weighted by Gasteiger charge is 2.30. The van der Waals surface area contributed by atoms with Gasteiger partial charge in [-0.25, -0.2) is 9.97 Å². The van der Waals surface area contributed by atoms with Crippen LogP contribution in [0.25, 0.3) is 0 Å². The molecule has 12 nitrogen and oxygen atoms in total. The highest BCUT2D eigenvalue weighted by atomic mass is 35.5. The van der Waals surface area contributed by atoms with Gasteiger partial charge in [0.05, 0.1) is 11.8 Å². The molecule has 6 N–H and O–H groups in total. The third kappa shape index (κ3) is 9.52. The van der Waals surface area contributed by atoms with Crippen LogP contribution in [0.1, 0.15) is 43.0 Å². The average molecular weight is 606 g/mol. The Balaban J connectivity index is 1.81. The molecule has 226 valence electrons. The molecule has 1 aromatic carbocycles.